The summed E-state index contributed by atoms with van der Waals surface area (Å²) >= 11 is 3.35. The number of hydrogen-bond donors (Lipinski definition) is 0. The fraction of sp³-hybridized carbons (Fsp3) is 0.235. The minimum atomic E-state index is 0.606. The van der Waals surface area contributed by atoms with Crippen molar-refractivity contribution in [2.24, 2.45) is 0 Å². The SMILES string of the molecule is CC.CC.O=Cc1cccc(Oc2ccc(Br)cc2)c1. The van der Waals surface area contributed by atoms with E-state index in [1.54, 1.807) is 18.2 Å². The number of ether oxygens (including phenoxy) is 1. The molecule has 0 aliphatic carbocycles. The first-order valence-electron chi connectivity index (χ1n) is 6.76. The Hall–Kier alpha value is -1.61. The molecule has 0 radical (unpaired) electrons. The predicted octanol–water partition coefficient (Wildman–Crippen LogP) is 6.11. The zero-order valence-electron chi connectivity index (χ0n) is 12.4. The summed E-state index contributed by atoms with van der Waals surface area (Å²) in [4.78, 5) is 10.6. The van der Waals surface area contributed by atoms with Gasteiger partial charge in [0.05, 0.1) is 0 Å². The van der Waals surface area contributed by atoms with Crippen molar-refractivity contribution in [3.05, 3.63) is 58.6 Å². The lowest BCUT2D eigenvalue weighted by atomic mass is 10.2. The lowest BCUT2D eigenvalue weighted by molar-refractivity contribution is 0.112. The first kappa shape index (κ1) is 18.4. The number of carbonyl (C=O) groups excluding carboxylic acids is 1. The minimum absolute atomic E-state index is 0.606. The van der Waals surface area contributed by atoms with Gasteiger partial charge >= 0.3 is 0 Å². The van der Waals surface area contributed by atoms with Gasteiger partial charge in [0.25, 0.3) is 0 Å². The summed E-state index contributed by atoms with van der Waals surface area (Å²) in [6.07, 6.45) is 0.800. The summed E-state index contributed by atoms with van der Waals surface area (Å²) in [6.45, 7) is 8.00. The fourth-order valence-electron chi connectivity index (χ4n) is 1.29. The van der Waals surface area contributed by atoms with Crippen molar-refractivity contribution < 1.29 is 9.53 Å². The lowest BCUT2D eigenvalue weighted by Gasteiger charge is -2.05. The third kappa shape index (κ3) is 6.53. The van der Waals surface area contributed by atoms with E-state index in [4.69, 9.17) is 4.74 Å². The molecule has 3 heteroatoms. The fourth-order valence-corrected chi connectivity index (χ4v) is 1.55. The Morgan fingerprint density at radius 1 is 0.900 bits per heavy atom. The molecule has 0 heterocycles. The van der Waals surface area contributed by atoms with Gasteiger partial charge in [-0.15, -0.1) is 0 Å². The van der Waals surface area contributed by atoms with Crippen LogP contribution in [0, 0.1) is 0 Å². The van der Waals surface area contributed by atoms with E-state index in [1.165, 1.54) is 0 Å². The Morgan fingerprint density at radius 2 is 1.50 bits per heavy atom. The number of rotatable bonds is 3. The van der Waals surface area contributed by atoms with Gasteiger partial charge in [-0.05, 0) is 36.4 Å². The molecule has 0 saturated heterocycles. The minimum Gasteiger partial charge on any atom is -0.457 e. The summed E-state index contributed by atoms with van der Waals surface area (Å²) in [5, 5.41) is 0. The highest BCUT2D eigenvalue weighted by atomic mass is 79.9. The zero-order valence-corrected chi connectivity index (χ0v) is 14.0. The van der Waals surface area contributed by atoms with Gasteiger partial charge in [-0.2, -0.15) is 0 Å². The molecule has 0 amide bonds. The van der Waals surface area contributed by atoms with Crippen molar-refractivity contribution in [3.63, 3.8) is 0 Å². The van der Waals surface area contributed by atoms with Gasteiger partial charge in [-0.3, -0.25) is 4.79 Å². The Balaban J connectivity index is 0.000000829. The van der Waals surface area contributed by atoms with Crippen molar-refractivity contribution >= 4 is 22.2 Å². The summed E-state index contributed by atoms with van der Waals surface area (Å²) in [7, 11) is 0. The maximum atomic E-state index is 10.6. The Kier molecular flexibility index (Phi) is 10.3. The molecule has 2 nitrogen and oxygen atoms in total. The first-order valence-corrected chi connectivity index (χ1v) is 7.56. The summed E-state index contributed by atoms with van der Waals surface area (Å²) in [5.41, 5.74) is 0.606. The molecule has 0 aliphatic rings. The maximum Gasteiger partial charge on any atom is 0.150 e. The molecule has 0 bridgehead atoms. The van der Waals surface area contributed by atoms with Crippen LogP contribution < -0.4 is 4.74 Å². The molecule has 2 rings (SSSR count). The third-order valence-electron chi connectivity index (χ3n) is 2.04. The highest BCUT2D eigenvalue weighted by molar-refractivity contribution is 9.10. The highest BCUT2D eigenvalue weighted by Gasteiger charge is 1.98. The van der Waals surface area contributed by atoms with Crippen molar-refractivity contribution in [3.8, 4) is 11.5 Å². The van der Waals surface area contributed by atoms with E-state index in [-0.39, 0.29) is 0 Å². The van der Waals surface area contributed by atoms with Crippen molar-refractivity contribution in [2.75, 3.05) is 0 Å². The highest BCUT2D eigenvalue weighted by Crippen LogP contribution is 2.23. The second kappa shape index (κ2) is 11.2. The van der Waals surface area contributed by atoms with E-state index in [0.717, 1.165) is 16.5 Å². The van der Waals surface area contributed by atoms with Crippen LogP contribution in [0.2, 0.25) is 0 Å². The van der Waals surface area contributed by atoms with Crippen molar-refractivity contribution in [2.45, 2.75) is 27.7 Å². The van der Waals surface area contributed by atoms with E-state index in [0.29, 0.717) is 11.3 Å². The van der Waals surface area contributed by atoms with Crippen LogP contribution in [0.1, 0.15) is 38.1 Å². The first-order chi connectivity index (χ1) is 9.78. The molecule has 20 heavy (non-hydrogen) atoms. The molecular formula is C17H21BrO2. The molecule has 2 aromatic rings. The van der Waals surface area contributed by atoms with Crippen LogP contribution in [-0.4, -0.2) is 6.29 Å². The molecule has 0 N–H and O–H groups in total. The lowest BCUT2D eigenvalue weighted by Crippen LogP contribution is -1.85. The van der Waals surface area contributed by atoms with Gasteiger partial charge in [-0.25, -0.2) is 0 Å². The average Bonchev–Trinajstić information content (AvgIpc) is 2.54. The molecule has 0 atom stereocenters. The number of hydrogen-bond acceptors (Lipinski definition) is 2. The zero-order chi connectivity index (χ0) is 15.4. The molecule has 0 aromatic heterocycles. The van der Waals surface area contributed by atoms with Gasteiger partial charge in [0, 0.05) is 10.0 Å². The number of carbonyl (C=O) groups is 1. The summed E-state index contributed by atoms with van der Waals surface area (Å²) < 4.78 is 6.60. The van der Waals surface area contributed by atoms with Gasteiger partial charge in [-0.1, -0.05) is 55.8 Å². The third-order valence-corrected chi connectivity index (χ3v) is 2.57. The quantitative estimate of drug-likeness (QED) is 0.632. The van der Waals surface area contributed by atoms with Crippen LogP contribution >= 0.6 is 15.9 Å². The number of aldehydes is 1. The standard InChI is InChI=1S/C13H9BrO2.2C2H6/c14-11-4-6-12(7-5-11)16-13-3-1-2-10(8-13)9-15;2*1-2/h1-9H;2*1-2H3. The smallest absolute Gasteiger partial charge is 0.150 e. The molecule has 0 unspecified atom stereocenters. The topological polar surface area (TPSA) is 26.3 Å². The molecule has 0 saturated carbocycles. The van der Waals surface area contributed by atoms with Crippen LogP contribution in [0.15, 0.2) is 53.0 Å². The van der Waals surface area contributed by atoms with Crippen molar-refractivity contribution in [1.82, 2.24) is 0 Å². The molecule has 2 aromatic carbocycles. The van der Waals surface area contributed by atoms with Gasteiger partial charge in [0.1, 0.15) is 17.8 Å². The number of halogens is 1. The Bertz CT molecular complexity index is 493. The largest absolute Gasteiger partial charge is 0.457 e. The van der Waals surface area contributed by atoms with Crippen LogP contribution in [0.5, 0.6) is 11.5 Å². The van der Waals surface area contributed by atoms with Gasteiger partial charge in [0.2, 0.25) is 0 Å². The molecule has 0 fully saturated rings. The predicted molar refractivity (Wildman–Crippen MR) is 88.7 cm³/mol. The van der Waals surface area contributed by atoms with Crippen LogP contribution in [-0.2, 0) is 0 Å². The van der Waals surface area contributed by atoms with Gasteiger partial charge in [0.15, 0.2) is 0 Å². The van der Waals surface area contributed by atoms with Crippen LogP contribution in [0.25, 0.3) is 0 Å². The Labute approximate surface area is 129 Å². The monoisotopic (exact) mass is 336 g/mol. The van der Waals surface area contributed by atoms with Crippen LogP contribution in [0.3, 0.4) is 0 Å². The second-order valence-electron chi connectivity index (χ2n) is 3.25. The van der Waals surface area contributed by atoms with E-state index >= 15 is 0 Å². The van der Waals surface area contributed by atoms with E-state index in [2.05, 4.69) is 15.9 Å². The van der Waals surface area contributed by atoms with E-state index in [1.807, 2.05) is 58.0 Å². The average molecular weight is 337 g/mol. The van der Waals surface area contributed by atoms with Crippen molar-refractivity contribution in [1.29, 1.82) is 0 Å². The summed E-state index contributed by atoms with van der Waals surface area (Å²) in [5.74, 6) is 1.40. The number of benzene rings is 2. The molecule has 0 spiro atoms. The second-order valence-corrected chi connectivity index (χ2v) is 4.16. The molecule has 108 valence electrons. The van der Waals surface area contributed by atoms with E-state index in [9.17, 15) is 4.79 Å². The molecule has 0 aliphatic heterocycles. The Morgan fingerprint density at radius 3 is 2.05 bits per heavy atom. The van der Waals surface area contributed by atoms with Crippen LogP contribution in [0.4, 0.5) is 0 Å². The molecular weight excluding hydrogens is 316 g/mol. The van der Waals surface area contributed by atoms with E-state index < -0.39 is 0 Å². The maximum absolute atomic E-state index is 10.6. The summed E-state index contributed by atoms with van der Waals surface area (Å²) in [6, 6.07) is 14.6. The van der Waals surface area contributed by atoms with Gasteiger partial charge < -0.3 is 4.74 Å². The normalized spacial score (nSPS) is 8.45.